The van der Waals surface area contributed by atoms with Gasteiger partial charge in [-0.2, -0.15) is 0 Å². The lowest BCUT2D eigenvalue weighted by Crippen LogP contribution is -2.36. The number of nitrogens with zero attached hydrogens (tertiary/aromatic N) is 1. The van der Waals surface area contributed by atoms with Crippen LogP contribution in [0.5, 0.6) is 0 Å². The molecule has 3 heteroatoms. The molecule has 1 aliphatic rings. The van der Waals surface area contributed by atoms with Gasteiger partial charge in [0.1, 0.15) is 0 Å². The summed E-state index contributed by atoms with van der Waals surface area (Å²) < 4.78 is 0. The predicted molar refractivity (Wildman–Crippen MR) is 82.5 cm³/mol. The summed E-state index contributed by atoms with van der Waals surface area (Å²) in [5, 5.41) is 3.33. The van der Waals surface area contributed by atoms with Gasteiger partial charge in [-0.1, -0.05) is 36.0 Å². The Morgan fingerprint density at radius 2 is 1.53 bits per heavy atom. The molecule has 0 bridgehead atoms. The van der Waals surface area contributed by atoms with Crippen LogP contribution in [0.1, 0.15) is 6.92 Å². The predicted octanol–water partition coefficient (Wildman–Crippen LogP) is 3.90. The molecule has 2 aromatic carbocycles. The topological polar surface area (TPSA) is 15.3 Å². The van der Waals surface area contributed by atoms with Crippen LogP contribution in [-0.4, -0.2) is 19.6 Å². The number of hydrogen-bond donors (Lipinski definition) is 1. The van der Waals surface area contributed by atoms with Gasteiger partial charge in [0, 0.05) is 22.4 Å². The highest BCUT2D eigenvalue weighted by atomic mass is 32.2. The minimum Gasteiger partial charge on any atom is -0.338 e. The first kappa shape index (κ1) is 12.6. The number of likely N-dealkylation sites (N-methyl/N-ethyl adjacent to an activating group) is 1. The van der Waals surface area contributed by atoms with E-state index in [2.05, 4.69) is 65.7 Å². The van der Waals surface area contributed by atoms with Gasteiger partial charge in [-0.25, -0.2) is 0 Å². The first-order valence-electron chi connectivity index (χ1n) is 6.60. The quantitative estimate of drug-likeness (QED) is 0.910. The van der Waals surface area contributed by atoms with E-state index >= 15 is 0 Å². The largest absolute Gasteiger partial charge is 0.338 e. The van der Waals surface area contributed by atoms with E-state index in [1.807, 2.05) is 18.8 Å². The molecule has 0 aliphatic carbocycles. The maximum atomic E-state index is 3.33. The fraction of sp³-hybridized carbons (Fsp3) is 0.250. The molecule has 0 radical (unpaired) electrons. The second-order valence-corrected chi connectivity index (χ2v) is 5.92. The summed E-state index contributed by atoms with van der Waals surface area (Å²) in [5.41, 5.74) is 2.63. The third-order valence-corrected chi connectivity index (χ3v) is 4.61. The number of fused-ring (bicyclic) bond motifs is 2. The molecule has 0 saturated carbocycles. The van der Waals surface area contributed by atoms with Crippen molar-refractivity contribution < 1.29 is 0 Å². The zero-order valence-electron chi connectivity index (χ0n) is 11.3. The van der Waals surface area contributed by atoms with Crippen LogP contribution in [0.2, 0.25) is 0 Å². The number of anilines is 2. The molecule has 1 heterocycles. The van der Waals surface area contributed by atoms with E-state index in [1.54, 1.807) is 0 Å². The lowest BCUT2D eigenvalue weighted by molar-refractivity contribution is 0.611. The van der Waals surface area contributed by atoms with E-state index in [-0.39, 0.29) is 0 Å². The molecule has 0 aromatic heterocycles. The zero-order valence-corrected chi connectivity index (χ0v) is 12.1. The normalized spacial score (nSPS) is 14.7. The van der Waals surface area contributed by atoms with Crippen molar-refractivity contribution in [2.75, 3.05) is 18.5 Å². The van der Waals surface area contributed by atoms with E-state index in [0.717, 1.165) is 6.54 Å². The summed E-state index contributed by atoms with van der Waals surface area (Å²) in [7, 11) is 2.02. The number of nitrogens with one attached hydrogen (secondary N) is 1. The molecule has 0 spiro atoms. The molecular formula is C16H18N2S. The maximum Gasteiger partial charge on any atom is 0.0553 e. The average Bonchev–Trinajstić information content (AvgIpc) is 2.46. The summed E-state index contributed by atoms with van der Waals surface area (Å²) in [5.74, 6) is 0. The Labute approximate surface area is 118 Å². The van der Waals surface area contributed by atoms with E-state index in [0.29, 0.717) is 6.04 Å². The summed E-state index contributed by atoms with van der Waals surface area (Å²) in [4.78, 5) is 5.09. The Hall–Kier alpha value is -1.45. The SMILES string of the molecule is CN[C@H](C)CN1c2ccccc2Sc2ccccc21. The van der Waals surface area contributed by atoms with Gasteiger partial charge in [0.2, 0.25) is 0 Å². The molecule has 98 valence electrons. The summed E-state index contributed by atoms with van der Waals surface area (Å²) in [6.07, 6.45) is 0. The lowest BCUT2D eigenvalue weighted by atomic mass is 10.2. The summed E-state index contributed by atoms with van der Waals surface area (Å²) in [6, 6.07) is 17.7. The van der Waals surface area contributed by atoms with Crippen LogP contribution >= 0.6 is 11.8 Å². The highest BCUT2D eigenvalue weighted by Gasteiger charge is 2.23. The fourth-order valence-corrected chi connectivity index (χ4v) is 3.44. The Balaban J connectivity index is 2.06. The average molecular weight is 270 g/mol. The van der Waals surface area contributed by atoms with E-state index < -0.39 is 0 Å². The highest BCUT2D eigenvalue weighted by molar-refractivity contribution is 7.99. The van der Waals surface area contributed by atoms with Gasteiger partial charge < -0.3 is 10.2 Å². The van der Waals surface area contributed by atoms with Gasteiger partial charge in [0.15, 0.2) is 0 Å². The van der Waals surface area contributed by atoms with Crippen LogP contribution in [0.4, 0.5) is 11.4 Å². The Kier molecular flexibility index (Phi) is 3.49. The van der Waals surface area contributed by atoms with Crippen molar-refractivity contribution in [1.82, 2.24) is 5.32 Å². The minimum absolute atomic E-state index is 0.448. The van der Waals surface area contributed by atoms with Crippen LogP contribution in [-0.2, 0) is 0 Å². The minimum atomic E-state index is 0.448. The number of rotatable bonds is 3. The number of benzene rings is 2. The van der Waals surface area contributed by atoms with Gasteiger partial charge in [-0.15, -0.1) is 0 Å². The summed E-state index contributed by atoms with van der Waals surface area (Å²) in [6.45, 7) is 3.19. The molecule has 1 aliphatic heterocycles. The Morgan fingerprint density at radius 3 is 2.05 bits per heavy atom. The second-order valence-electron chi connectivity index (χ2n) is 4.84. The van der Waals surface area contributed by atoms with Crippen LogP contribution < -0.4 is 10.2 Å². The van der Waals surface area contributed by atoms with Crippen molar-refractivity contribution in [2.24, 2.45) is 0 Å². The molecule has 1 N–H and O–H groups in total. The number of para-hydroxylation sites is 2. The van der Waals surface area contributed by atoms with Crippen LogP contribution in [0.3, 0.4) is 0 Å². The van der Waals surface area contributed by atoms with Gasteiger partial charge in [-0.05, 0) is 38.2 Å². The van der Waals surface area contributed by atoms with Gasteiger partial charge >= 0.3 is 0 Å². The second kappa shape index (κ2) is 5.27. The summed E-state index contributed by atoms with van der Waals surface area (Å²) >= 11 is 1.86. The van der Waals surface area contributed by atoms with Crippen molar-refractivity contribution in [3.05, 3.63) is 48.5 Å². The van der Waals surface area contributed by atoms with Crippen molar-refractivity contribution in [3.63, 3.8) is 0 Å². The van der Waals surface area contributed by atoms with E-state index in [1.165, 1.54) is 21.2 Å². The van der Waals surface area contributed by atoms with Crippen molar-refractivity contribution in [3.8, 4) is 0 Å². The van der Waals surface area contributed by atoms with E-state index in [9.17, 15) is 0 Å². The molecule has 0 unspecified atom stereocenters. The van der Waals surface area contributed by atoms with Crippen LogP contribution in [0, 0.1) is 0 Å². The molecule has 0 saturated heterocycles. The molecule has 2 aromatic rings. The Bertz CT molecular complexity index is 537. The maximum absolute atomic E-state index is 3.33. The van der Waals surface area contributed by atoms with Gasteiger partial charge in [0.25, 0.3) is 0 Å². The van der Waals surface area contributed by atoms with Crippen molar-refractivity contribution in [2.45, 2.75) is 22.8 Å². The molecule has 1 atom stereocenters. The fourth-order valence-electron chi connectivity index (χ4n) is 2.34. The molecule has 0 fully saturated rings. The van der Waals surface area contributed by atoms with Crippen LogP contribution in [0.25, 0.3) is 0 Å². The zero-order chi connectivity index (χ0) is 13.2. The highest BCUT2D eigenvalue weighted by Crippen LogP contribution is 2.47. The van der Waals surface area contributed by atoms with E-state index in [4.69, 9.17) is 0 Å². The monoisotopic (exact) mass is 270 g/mol. The first-order chi connectivity index (χ1) is 9.29. The molecule has 3 rings (SSSR count). The lowest BCUT2D eigenvalue weighted by Gasteiger charge is -2.34. The smallest absolute Gasteiger partial charge is 0.0553 e. The van der Waals surface area contributed by atoms with Crippen molar-refractivity contribution >= 4 is 23.1 Å². The molecule has 19 heavy (non-hydrogen) atoms. The van der Waals surface area contributed by atoms with Crippen LogP contribution in [0.15, 0.2) is 58.3 Å². The third-order valence-electron chi connectivity index (χ3n) is 3.48. The molecule has 2 nitrogen and oxygen atoms in total. The first-order valence-corrected chi connectivity index (χ1v) is 7.42. The van der Waals surface area contributed by atoms with Crippen molar-refractivity contribution in [1.29, 1.82) is 0 Å². The Morgan fingerprint density at radius 1 is 1.00 bits per heavy atom. The molecular weight excluding hydrogens is 252 g/mol. The van der Waals surface area contributed by atoms with Gasteiger partial charge in [0.05, 0.1) is 11.4 Å². The standard InChI is InChI=1S/C16H18N2S/c1-12(17-2)11-18-13-7-3-5-9-15(13)19-16-10-6-4-8-14(16)18/h3-10,12,17H,11H2,1-2H3/t12-/m1/s1. The third kappa shape index (κ3) is 2.36. The number of hydrogen-bond acceptors (Lipinski definition) is 3. The van der Waals surface area contributed by atoms with Gasteiger partial charge in [-0.3, -0.25) is 0 Å². The molecule has 0 amide bonds.